The maximum atomic E-state index is 12.7. The van der Waals surface area contributed by atoms with Gasteiger partial charge in [-0.25, -0.2) is 4.98 Å². The number of carbonyl (C=O) groups is 1. The summed E-state index contributed by atoms with van der Waals surface area (Å²) in [6.07, 6.45) is 3.48. The number of aromatic nitrogens is 4. The standard InChI is InChI=1S/C19H19N5O2/c1-13-7-8-14-16(11-13)26-10-3-2-9-24-12-20-23-18(24)15-5-4-6-17(21-15)22-19(14)25/h4-8,11-12H,2-3,9-10H2,1H3,(H,21,22,25). The molecule has 0 saturated heterocycles. The summed E-state index contributed by atoms with van der Waals surface area (Å²) < 4.78 is 7.86. The summed E-state index contributed by atoms with van der Waals surface area (Å²) in [4.78, 5) is 17.2. The smallest absolute Gasteiger partial charge is 0.260 e. The molecule has 7 heteroatoms. The van der Waals surface area contributed by atoms with Crippen molar-refractivity contribution in [1.29, 1.82) is 0 Å². The highest BCUT2D eigenvalue weighted by Crippen LogP contribution is 2.23. The molecule has 2 bridgehead atoms. The second-order valence-electron chi connectivity index (χ2n) is 6.27. The molecule has 132 valence electrons. The summed E-state index contributed by atoms with van der Waals surface area (Å²) in [5.41, 5.74) is 2.23. The number of pyridine rings is 1. The zero-order valence-electron chi connectivity index (χ0n) is 14.5. The zero-order chi connectivity index (χ0) is 17.9. The van der Waals surface area contributed by atoms with Gasteiger partial charge in [-0.3, -0.25) is 4.79 Å². The van der Waals surface area contributed by atoms with Gasteiger partial charge < -0.3 is 14.6 Å². The third-order valence-corrected chi connectivity index (χ3v) is 4.27. The van der Waals surface area contributed by atoms with E-state index in [-0.39, 0.29) is 5.91 Å². The molecule has 2 aromatic heterocycles. The number of amides is 1. The minimum absolute atomic E-state index is 0.247. The SMILES string of the molecule is Cc1ccc2c(c1)OCCCCn1cnnc1-c1cccc(n1)NC2=O. The highest BCUT2D eigenvalue weighted by Gasteiger charge is 2.16. The van der Waals surface area contributed by atoms with Crippen LogP contribution in [0.5, 0.6) is 5.75 Å². The molecule has 0 atom stereocenters. The third-order valence-electron chi connectivity index (χ3n) is 4.27. The van der Waals surface area contributed by atoms with Crippen LogP contribution in [0.15, 0.2) is 42.7 Å². The number of anilines is 1. The number of ether oxygens (including phenoxy) is 1. The topological polar surface area (TPSA) is 81.9 Å². The van der Waals surface area contributed by atoms with Crippen molar-refractivity contribution in [1.82, 2.24) is 19.7 Å². The molecule has 0 unspecified atom stereocenters. The normalized spacial score (nSPS) is 14.4. The average molecular weight is 349 g/mol. The maximum absolute atomic E-state index is 12.7. The van der Waals surface area contributed by atoms with Gasteiger partial charge in [-0.1, -0.05) is 12.1 Å². The first-order valence-electron chi connectivity index (χ1n) is 8.61. The number of aryl methyl sites for hydroxylation is 2. The molecule has 1 aliphatic rings. The van der Waals surface area contributed by atoms with Crippen LogP contribution in [0.2, 0.25) is 0 Å². The number of carbonyl (C=O) groups excluding carboxylic acids is 1. The second kappa shape index (κ2) is 6.95. The van der Waals surface area contributed by atoms with Crippen LogP contribution >= 0.6 is 0 Å². The molecule has 0 radical (unpaired) electrons. The lowest BCUT2D eigenvalue weighted by atomic mass is 10.1. The molecular formula is C19H19N5O2. The molecule has 3 aromatic rings. The van der Waals surface area contributed by atoms with E-state index in [9.17, 15) is 4.79 Å². The first-order chi connectivity index (χ1) is 12.7. The van der Waals surface area contributed by atoms with Crippen molar-refractivity contribution in [3.63, 3.8) is 0 Å². The summed E-state index contributed by atoms with van der Waals surface area (Å²) in [6.45, 7) is 3.31. The number of benzene rings is 1. The first-order valence-corrected chi connectivity index (χ1v) is 8.61. The summed E-state index contributed by atoms with van der Waals surface area (Å²) in [7, 11) is 0. The maximum Gasteiger partial charge on any atom is 0.260 e. The molecule has 1 N–H and O–H groups in total. The number of nitrogens with zero attached hydrogens (tertiary/aromatic N) is 4. The Hall–Kier alpha value is -3.22. The van der Waals surface area contributed by atoms with Crippen LogP contribution in [-0.2, 0) is 6.54 Å². The van der Waals surface area contributed by atoms with Gasteiger partial charge in [0.2, 0.25) is 0 Å². The van der Waals surface area contributed by atoms with E-state index in [1.165, 1.54) is 0 Å². The molecule has 4 rings (SSSR count). The van der Waals surface area contributed by atoms with Gasteiger partial charge in [0.15, 0.2) is 5.82 Å². The van der Waals surface area contributed by atoms with Gasteiger partial charge in [-0.15, -0.1) is 10.2 Å². The van der Waals surface area contributed by atoms with E-state index in [0.29, 0.717) is 35.3 Å². The van der Waals surface area contributed by atoms with Gasteiger partial charge >= 0.3 is 0 Å². The molecule has 0 fully saturated rings. The van der Waals surface area contributed by atoms with Crippen LogP contribution in [0.1, 0.15) is 28.8 Å². The van der Waals surface area contributed by atoms with Crippen LogP contribution in [0, 0.1) is 6.92 Å². The van der Waals surface area contributed by atoms with Crippen molar-refractivity contribution in [2.24, 2.45) is 0 Å². The van der Waals surface area contributed by atoms with Crippen molar-refractivity contribution >= 4 is 11.7 Å². The average Bonchev–Trinajstić information content (AvgIpc) is 3.09. The van der Waals surface area contributed by atoms with Crippen molar-refractivity contribution < 1.29 is 9.53 Å². The third kappa shape index (κ3) is 3.28. The number of hydrogen-bond acceptors (Lipinski definition) is 5. The highest BCUT2D eigenvalue weighted by atomic mass is 16.5. The van der Waals surface area contributed by atoms with E-state index in [4.69, 9.17) is 4.74 Å². The lowest BCUT2D eigenvalue weighted by molar-refractivity contribution is 0.102. The Morgan fingerprint density at radius 3 is 3.04 bits per heavy atom. The van der Waals surface area contributed by atoms with Crippen LogP contribution in [0.25, 0.3) is 11.5 Å². The Balaban J connectivity index is 1.74. The van der Waals surface area contributed by atoms with Crippen molar-refractivity contribution in [2.75, 3.05) is 11.9 Å². The second-order valence-corrected chi connectivity index (χ2v) is 6.27. The van der Waals surface area contributed by atoms with E-state index < -0.39 is 0 Å². The fraction of sp³-hybridized carbons (Fsp3) is 0.263. The molecule has 7 nitrogen and oxygen atoms in total. The summed E-state index contributed by atoms with van der Waals surface area (Å²) in [5, 5.41) is 11.0. The highest BCUT2D eigenvalue weighted by molar-refractivity contribution is 6.05. The monoisotopic (exact) mass is 349 g/mol. The summed E-state index contributed by atoms with van der Waals surface area (Å²) in [6, 6.07) is 11.0. The van der Waals surface area contributed by atoms with E-state index >= 15 is 0 Å². The minimum Gasteiger partial charge on any atom is -0.493 e. The van der Waals surface area contributed by atoms with E-state index in [1.807, 2.05) is 35.8 Å². The Morgan fingerprint density at radius 1 is 1.19 bits per heavy atom. The predicted molar refractivity (Wildman–Crippen MR) is 97.1 cm³/mol. The lowest BCUT2D eigenvalue weighted by Crippen LogP contribution is -2.16. The van der Waals surface area contributed by atoms with Crippen LogP contribution in [0.4, 0.5) is 5.82 Å². The Kier molecular flexibility index (Phi) is 4.35. The number of nitrogens with one attached hydrogen (secondary N) is 1. The van der Waals surface area contributed by atoms with Gasteiger partial charge in [0.25, 0.3) is 5.91 Å². The van der Waals surface area contributed by atoms with Gasteiger partial charge in [-0.2, -0.15) is 0 Å². The quantitative estimate of drug-likeness (QED) is 0.674. The molecule has 0 aliphatic carbocycles. The number of hydrogen-bond donors (Lipinski definition) is 1. The molecule has 3 heterocycles. The molecule has 1 amide bonds. The lowest BCUT2D eigenvalue weighted by Gasteiger charge is -2.14. The van der Waals surface area contributed by atoms with Crippen molar-refractivity contribution in [3.8, 4) is 17.3 Å². The van der Waals surface area contributed by atoms with Crippen molar-refractivity contribution in [2.45, 2.75) is 26.3 Å². The first kappa shape index (κ1) is 16.3. The van der Waals surface area contributed by atoms with Crippen LogP contribution < -0.4 is 10.1 Å². The number of rotatable bonds is 0. The van der Waals surface area contributed by atoms with Crippen LogP contribution in [-0.4, -0.2) is 32.3 Å². The fourth-order valence-electron chi connectivity index (χ4n) is 2.93. The summed E-state index contributed by atoms with van der Waals surface area (Å²) >= 11 is 0. The van der Waals surface area contributed by atoms with E-state index in [1.54, 1.807) is 18.5 Å². The van der Waals surface area contributed by atoms with Gasteiger partial charge in [-0.05, 0) is 49.6 Å². The molecule has 1 aliphatic heterocycles. The Morgan fingerprint density at radius 2 is 2.12 bits per heavy atom. The van der Waals surface area contributed by atoms with Gasteiger partial charge in [0.1, 0.15) is 23.6 Å². The van der Waals surface area contributed by atoms with E-state index in [0.717, 1.165) is 24.9 Å². The molecule has 1 aromatic carbocycles. The number of fused-ring (bicyclic) bond motifs is 5. The Bertz CT molecular complexity index is 951. The van der Waals surface area contributed by atoms with Gasteiger partial charge in [0.05, 0.1) is 12.2 Å². The Labute approximate surface area is 151 Å². The minimum atomic E-state index is -0.247. The largest absolute Gasteiger partial charge is 0.493 e. The molecular weight excluding hydrogens is 330 g/mol. The van der Waals surface area contributed by atoms with Gasteiger partial charge in [0, 0.05) is 6.54 Å². The fourth-order valence-corrected chi connectivity index (χ4v) is 2.93. The summed E-state index contributed by atoms with van der Waals surface area (Å²) in [5.74, 6) is 1.50. The molecule has 0 saturated carbocycles. The predicted octanol–water partition coefficient (Wildman–Crippen LogP) is 3.07. The van der Waals surface area contributed by atoms with Crippen LogP contribution in [0.3, 0.4) is 0 Å². The van der Waals surface area contributed by atoms with Crippen molar-refractivity contribution in [3.05, 3.63) is 53.9 Å². The molecule has 0 spiro atoms. The zero-order valence-corrected chi connectivity index (χ0v) is 14.5. The van der Waals surface area contributed by atoms with E-state index in [2.05, 4.69) is 20.5 Å². The molecule has 26 heavy (non-hydrogen) atoms.